The van der Waals surface area contributed by atoms with Gasteiger partial charge in [-0.1, -0.05) is 13.8 Å². The van der Waals surface area contributed by atoms with Gasteiger partial charge in [-0.25, -0.2) is 0 Å². The molecule has 0 radical (unpaired) electrons. The maximum Gasteiger partial charge on any atom is 0.239 e. The summed E-state index contributed by atoms with van der Waals surface area (Å²) in [5.41, 5.74) is 5.48. The van der Waals surface area contributed by atoms with Gasteiger partial charge >= 0.3 is 0 Å². The topological polar surface area (TPSA) is 46.3 Å². The fraction of sp³-hybridized carbons (Fsp3) is 0.889. The summed E-state index contributed by atoms with van der Waals surface area (Å²) in [6, 6.07) is -0.335. The fourth-order valence-corrected chi connectivity index (χ4v) is 1.40. The molecule has 0 saturated carbocycles. The van der Waals surface area contributed by atoms with Crippen LogP contribution in [-0.2, 0) is 4.79 Å². The Hall–Kier alpha value is -0.570. The highest BCUT2D eigenvalue weighted by Gasteiger charge is 2.33. The molecule has 0 aliphatic carbocycles. The van der Waals surface area contributed by atoms with Crippen LogP contribution in [0.15, 0.2) is 0 Å². The van der Waals surface area contributed by atoms with E-state index in [9.17, 15) is 4.79 Å². The normalized spacial score (nSPS) is 20.9. The lowest BCUT2D eigenvalue weighted by atomic mass is 9.88. The van der Waals surface area contributed by atoms with Crippen molar-refractivity contribution in [2.24, 2.45) is 17.6 Å². The molecule has 0 unspecified atom stereocenters. The number of hydrogen-bond acceptors (Lipinski definition) is 2. The first-order chi connectivity index (χ1) is 5.52. The number of amides is 1. The molecule has 1 fully saturated rings. The molecule has 1 atom stereocenters. The Kier molecular flexibility index (Phi) is 2.73. The van der Waals surface area contributed by atoms with Gasteiger partial charge in [0, 0.05) is 13.1 Å². The third-order valence-electron chi connectivity index (χ3n) is 2.55. The Bertz CT molecular complexity index is 171. The fourth-order valence-electron chi connectivity index (χ4n) is 1.40. The average Bonchev–Trinajstić information content (AvgIpc) is 1.82. The van der Waals surface area contributed by atoms with Crippen molar-refractivity contribution in [2.45, 2.75) is 26.8 Å². The van der Waals surface area contributed by atoms with Crippen LogP contribution in [-0.4, -0.2) is 29.9 Å². The zero-order valence-electron chi connectivity index (χ0n) is 8.08. The second-order valence-electron chi connectivity index (χ2n) is 4.04. The van der Waals surface area contributed by atoms with Gasteiger partial charge in [-0.2, -0.15) is 0 Å². The van der Waals surface area contributed by atoms with Crippen LogP contribution in [0.2, 0.25) is 0 Å². The van der Waals surface area contributed by atoms with E-state index in [-0.39, 0.29) is 11.9 Å². The number of hydrogen-bond donors (Lipinski definition) is 1. The molecule has 0 bridgehead atoms. The van der Waals surface area contributed by atoms with Gasteiger partial charge in [0.2, 0.25) is 5.91 Å². The van der Waals surface area contributed by atoms with Crippen molar-refractivity contribution < 1.29 is 4.79 Å². The predicted octanol–water partition coefficient (Wildman–Crippen LogP) is 0.448. The molecule has 12 heavy (non-hydrogen) atoms. The van der Waals surface area contributed by atoms with E-state index in [0.29, 0.717) is 11.8 Å². The summed E-state index contributed by atoms with van der Waals surface area (Å²) in [4.78, 5) is 13.1. The molecular weight excluding hydrogens is 152 g/mol. The summed E-state index contributed by atoms with van der Waals surface area (Å²) in [6.45, 7) is 7.93. The highest BCUT2D eigenvalue weighted by molar-refractivity contribution is 5.81. The average molecular weight is 170 g/mol. The maximum atomic E-state index is 11.3. The summed E-state index contributed by atoms with van der Waals surface area (Å²) in [5, 5.41) is 0. The summed E-state index contributed by atoms with van der Waals surface area (Å²) in [7, 11) is 0. The van der Waals surface area contributed by atoms with Crippen molar-refractivity contribution in [2.75, 3.05) is 13.1 Å². The Morgan fingerprint density at radius 3 is 2.25 bits per heavy atom. The molecule has 0 spiro atoms. The van der Waals surface area contributed by atoms with Crippen molar-refractivity contribution in [3.8, 4) is 0 Å². The van der Waals surface area contributed by atoms with E-state index < -0.39 is 0 Å². The van der Waals surface area contributed by atoms with E-state index in [1.165, 1.54) is 0 Å². The number of nitrogens with zero attached hydrogens (tertiary/aromatic N) is 1. The summed E-state index contributed by atoms with van der Waals surface area (Å²) in [6.07, 6.45) is 0. The quantitative estimate of drug-likeness (QED) is 0.654. The van der Waals surface area contributed by atoms with Gasteiger partial charge in [-0.15, -0.1) is 0 Å². The van der Waals surface area contributed by atoms with Crippen LogP contribution in [0.4, 0.5) is 0 Å². The van der Waals surface area contributed by atoms with Gasteiger partial charge in [-0.3, -0.25) is 4.79 Å². The second kappa shape index (κ2) is 3.44. The monoisotopic (exact) mass is 170 g/mol. The molecule has 1 saturated heterocycles. The molecule has 1 aliphatic rings. The highest BCUT2D eigenvalue weighted by atomic mass is 16.2. The predicted molar refractivity (Wildman–Crippen MR) is 48.6 cm³/mol. The number of carbonyl (C=O) groups is 1. The van der Waals surface area contributed by atoms with Gasteiger partial charge < -0.3 is 10.6 Å². The molecule has 1 rings (SSSR count). The van der Waals surface area contributed by atoms with Crippen LogP contribution in [0.3, 0.4) is 0 Å². The molecular formula is C9H18N2O. The van der Waals surface area contributed by atoms with Crippen LogP contribution < -0.4 is 5.73 Å². The molecule has 3 nitrogen and oxygen atoms in total. The Balaban J connectivity index is 2.30. The van der Waals surface area contributed by atoms with Crippen LogP contribution in [0, 0.1) is 11.8 Å². The van der Waals surface area contributed by atoms with Crippen molar-refractivity contribution in [1.82, 2.24) is 4.90 Å². The van der Waals surface area contributed by atoms with Crippen LogP contribution >= 0.6 is 0 Å². The van der Waals surface area contributed by atoms with E-state index in [2.05, 4.69) is 13.8 Å². The molecule has 0 aromatic carbocycles. The summed E-state index contributed by atoms with van der Waals surface area (Å²) in [5.74, 6) is 1.46. The lowest BCUT2D eigenvalue weighted by Gasteiger charge is -2.42. The van der Waals surface area contributed by atoms with Crippen molar-refractivity contribution >= 4 is 5.91 Å². The van der Waals surface area contributed by atoms with Crippen LogP contribution in [0.25, 0.3) is 0 Å². The molecule has 70 valence electrons. The van der Waals surface area contributed by atoms with Gasteiger partial charge in [0.1, 0.15) is 0 Å². The first kappa shape index (κ1) is 9.52. The molecule has 2 N–H and O–H groups in total. The highest BCUT2D eigenvalue weighted by Crippen LogP contribution is 2.23. The SMILES string of the molecule is CC(C)C1CN(C(=O)[C@@H](C)N)C1. The molecule has 1 heterocycles. The summed E-state index contributed by atoms with van der Waals surface area (Å²) < 4.78 is 0. The van der Waals surface area contributed by atoms with E-state index in [4.69, 9.17) is 5.73 Å². The largest absolute Gasteiger partial charge is 0.341 e. The molecule has 1 aliphatic heterocycles. The first-order valence-corrected chi connectivity index (χ1v) is 4.56. The van der Waals surface area contributed by atoms with Crippen LogP contribution in [0.5, 0.6) is 0 Å². The van der Waals surface area contributed by atoms with Gasteiger partial charge in [-0.05, 0) is 18.8 Å². The van der Waals surface area contributed by atoms with E-state index >= 15 is 0 Å². The Morgan fingerprint density at radius 2 is 1.92 bits per heavy atom. The van der Waals surface area contributed by atoms with E-state index in [0.717, 1.165) is 13.1 Å². The zero-order valence-corrected chi connectivity index (χ0v) is 8.08. The minimum Gasteiger partial charge on any atom is -0.341 e. The zero-order chi connectivity index (χ0) is 9.30. The molecule has 0 aromatic rings. The molecule has 1 amide bonds. The van der Waals surface area contributed by atoms with Crippen molar-refractivity contribution in [1.29, 1.82) is 0 Å². The minimum absolute atomic E-state index is 0.0897. The first-order valence-electron chi connectivity index (χ1n) is 4.56. The third-order valence-corrected chi connectivity index (χ3v) is 2.55. The molecule has 3 heteroatoms. The van der Waals surface area contributed by atoms with E-state index in [1.807, 2.05) is 4.90 Å². The van der Waals surface area contributed by atoms with E-state index in [1.54, 1.807) is 6.92 Å². The number of nitrogens with two attached hydrogens (primary N) is 1. The number of likely N-dealkylation sites (tertiary alicyclic amines) is 1. The second-order valence-corrected chi connectivity index (χ2v) is 4.04. The number of carbonyl (C=O) groups excluding carboxylic acids is 1. The van der Waals surface area contributed by atoms with Gasteiger partial charge in [0.15, 0.2) is 0 Å². The summed E-state index contributed by atoms with van der Waals surface area (Å²) >= 11 is 0. The Labute approximate surface area is 73.9 Å². The molecule has 0 aromatic heterocycles. The van der Waals surface area contributed by atoms with Crippen molar-refractivity contribution in [3.05, 3.63) is 0 Å². The minimum atomic E-state index is -0.335. The van der Waals surface area contributed by atoms with Crippen molar-refractivity contribution in [3.63, 3.8) is 0 Å². The Morgan fingerprint density at radius 1 is 1.42 bits per heavy atom. The van der Waals surface area contributed by atoms with Crippen LogP contribution in [0.1, 0.15) is 20.8 Å². The standard InChI is InChI=1S/C9H18N2O/c1-6(2)8-4-11(5-8)9(12)7(3)10/h6-8H,4-5,10H2,1-3H3/t7-/m1/s1. The smallest absolute Gasteiger partial charge is 0.239 e. The lowest BCUT2D eigenvalue weighted by Crippen LogP contribution is -2.55. The lowest BCUT2D eigenvalue weighted by molar-refractivity contribution is -0.139. The number of rotatable bonds is 2. The maximum absolute atomic E-state index is 11.3. The van der Waals surface area contributed by atoms with Gasteiger partial charge in [0.05, 0.1) is 6.04 Å². The third kappa shape index (κ3) is 1.78. The van der Waals surface area contributed by atoms with Gasteiger partial charge in [0.25, 0.3) is 0 Å².